The van der Waals surface area contributed by atoms with E-state index in [1.165, 1.54) is 6.20 Å². The maximum absolute atomic E-state index is 12.6. The molecule has 4 rings (SSSR count). The molecule has 0 aliphatic heterocycles. The first-order valence-corrected chi connectivity index (χ1v) is 7.98. The molecule has 2 aromatic heterocycles. The van der Waals surface area contributed by atoms with E-state index in [9.17, 15) is 4.79 Å². The number of rotatable bonds is 3. The van der Waals surface area contributed by atoms with Gasteiger partial charge in [-0.15, -0.1) is 0 Å². The van der Waals surface area contributed by atoms with Crippen LogP contribution in [0.15, 0.2) is 42.7 Å². The molecule has 0 unspecified atom stereocenters. The molecule has 2 heterocycles. The Balaban J connectivity index is 1.72. The topological polar surface area (TPSA) is 72.7 Å². The van der Waals surface area contributed by atoms with Gasteiger partial charge in [0.1, 0.15) is 11.5 Å². The molecule has 0 atom stereocenters. The second-order valence-corrected chi connectivity index (χ2v) is 5.87. The van der Waals surface area contributed by atoms with Gasteiger partial charge in [0.25, 0.3) is 5.91 Å². The number of fused-ring (bicyclic) bond motifs is 1. The molecule has 1 aliphatic carbocycles. The summed E-state index contributed by atoms with van der Waals surface area (Å²) < 4.78 is 1.81. The van der Waals surface area contributed by atoms with Gasteiger partial charge in [-0.25, -0.2) is 9.67 Å². The Labute approximate surface area is 139 Å². The first kappa shape index (κ1) is 14.6. The lowest BCUT2D eigenvalue weighted by Gasteiger charge is -2.10. The van der Waals surface area contributed by atoms with E-state index in [0.717, 1.165) is 47.7 Å². The van der Waals surface area contributed by atoms with E-state index in [1.54, 1.807) is 6.20 Å². The van der Waals surface area contributed by atoms with Gasteiger partial charge in [0.05, 0.1) is 23.3 Å². The highest BCUT2D eigenvalue weighted by atomic mass is 16.2. The molecule has 0 fully saturated rings. The van der Waals surface area contributed by atoms with Gasteiger partial charge in [-0.3, -0.25) is 9.78 Å². The van der Waals surface area contributed by atoms with Crippen molar-refractivity contribution in [1.29, 1.82) is 0 Å². The number of nitrogens with zero attached hydrogens (tertiary/aromatic N) is 4. The summed E-state index contributed by atoms with van der Waals surface area (Å²) >= 11 is 0. The molecule has 0 spiro atoms. The quantitative estimate of drug-likeness (QED) is 0.805. The number of hydrogen-bond donors (Lipinski definition) is 1. The van der Waals surface area contributed by atoms with Crippen LogP contribution in [0.25, 0.3) is 5.69 Å². The molecule has 0 bridgehead atoms. The molecule has 0 saturated heterocycles. The lowest BCUT2D eigenvalue weighted by molar-refractivity contribution is 0.102. The lowest BCUT2D eigenvalue weighted by Crippen LogP contribution is -2.18. The minimum Gasteiger partial charge on any atom is -0.305 e. The fourth-order valence-electron chi connectivity index (χ4n) is 2.96. The predicted molar refractivity (Wildman–Crippen MR) is 90.3 cm³/mol. The summed E-state index contributed by atoms with van der Waals surface area (Å²) in [5.74, 6) is 0.468. The van der Waals surface area contributed by atoms with Crippen LogP contribution in [-0.4, -0.2) is 25.7 Å². The van der Waals surface area contributed by atoms with Crippen molar-refractivity contribution in [1.82, 2.24) is 19.7 Å². The van der Waals surface area contributed by atoms with Gasteiger partial charge in [0, 0.05) is 11.8 Å². The fraction of sp³-hybridized carbons (Fsp3) is 0.222. The summed E-state index contributed by atoms with van der Waals surface area (Å²) in [7, 11) is 0. The average Bonchev–Trinajstić information content (AvgIpc) is 3.19. The van der Waals surface area contributed by atoms with E-state index < -0.39 is 0 Å². The van der Waals surface area contributed by atoms with Gasteiger partial charge in [-0.05, 0) is 38.3 Å². The van der Waals surface area contributed by atoms with E-state index in [4.69, 9.17) is 0 Å². The maximum atomic E-state index is 12.6. The minimum absolute atomic E-state index is 0.269. The van der Waals surface area contributed by atoms with Crippen molar-refractivity contribution < 1.29 is 4.79 Å². The maximum Gasteiger partial charge on any atom is 0.277 e. The van der Waals surface area contributed by atoms with Crippen molar-refractivity contribution >= 4 is 11.7 Å². The summed E-state index contributed by atoms with van der Waals surface area (Å²) in [6, 6.07) is 9.83. The normalized spacial score (nSPS) is 12.9. The lowest BCUT2D eigenvalue weighted by atomic mass is 10.2. The molecular formula is C18H17N5O. The number of amides is 1. The Kier molecular flexibility index (Phi) is 3.57. The van der Waals surface area contributed by atoms with Crippen LogP contribution < -0.4 is 5.32 Å². The van der Waals surface area contributed by atoms with E-state index in [0.29, 0.717) is 5.69 Å². The largest absolute Gasteiger partial charge is 0.305 e. The Morgan fingerprint density at radius 2 is 1.96 bits per heavy atom. The molecule has 1 amide bonds. The Bertz CT molecular complexity index is 884. The number of hydrogen-bond acceptors (Lipinski definition) is 4. The van der Waals surface area contributed by atoms with Crippen molar-refractivity contribution in [2.75, 3.05) is 5.32 Å². The number of anilines is 1. The third-order valence-electron chi connectivity index (χ3n) is 4.15. The average molecular weight is 319 g/mol. The van der Waals surface area contributed by atoms with Crippen molar-refractivity contribution in [3.05, 3.63) is 65.4 Å². The van der Waals surface area contributed by atoms with E-state index in [-0.39, 0.29) is 5.91 Å². The zero-order chi connectivity index (χ0) is 16.5. The standard InChI is InChI=1S/C18H17N5O/c1-12-10-20-16(11-19-12)18(24)21-17-14-8-5-9-15(14)22-23(17)13-6-3-2-4-7-13/h2-4,6-7,10-11H,5,8-9H2,1H3,(H,21,24). The van der Waals surface area contributed by atoms with Crippen molar-refractivity contribution in [3.63, 3.8) is 0 Å². The number of para-hydroxylation sites is 1. The monoisotopic (exact) mass is 319 g/mol. The summed E-state index contributed by atoms with van der Waals surface area (Å²) in [6.45, 7) is 1.84. The highest BCUT2D eigenvalue weighted by Crippen LogP contribution is 2.31. The third kappa shape index (κ3) is 2.56. The van der Waals surface area contributed by atoms with Gasteiger partial charge in [0.15, 0.2) is 0 Å². The first-order valence-electron chi connectivity index (χ1n) is 7.98. The van der Waals surface area contributed by atoms with Crippen LogP contribution in [0.5, 0.6) is 0 Å². The molecule has 1 aromatic carbocycles. The van der Waals surface area contributed by atoms with Gasteiger partial charge in [0.2, 0.25) is 0 Å². The summed E-state index contributed by atoms with van der Waals surface area (Å²) in [5, 5.41) is 7.67. The highest BCUT2D eigenvalue weighted by Gasteiger charge is 2.24. The predicted octanol–water partition coefficient (Wildman–Crippen LogP) is 2.71. The van der Waals surface area contributed by atoms with Crippen molar-refractivity contribution in [2.24, 2.45) is 0 Å². The number of aromatic nitrogens is 4. The van der Waals surface area contributed by atoms with Crippen LogP contribution in [0.3, 0.4) is 0 Å². The van der Waals surface area contributed by atoms with Crippen LogP contribution >= 0.6 is 0 Å². The Morgan fingerprint density at radius 3 is 2.71 bits per heavy atom. The second kappa shape index (κ2) is 5.88. The highest BCUT2D eigenvalue weighted by molar-refractivity contribution is 6.02. The molecule has 1 N–H and O–H groups in total. The zero-order valence-electron chi connectivity index (χ0n) is 13.4. The smallest absolute Gasteiger partial charge is 0.277 e. The van der Waals surface area contributed by atoms with Crippen molar-refractivity contribution in [2.45, 2.75) is 26.2 Å². The first-order chi connectivity index (χ1) is 11.7. The molecule has 3 aromatic rings. The molecule has 1 aliphatic rings. The second-order valence-electron chi connectivity index (χ2n) is 5.87. The molecule has 24 heavy (non-hydrogen) atoms. The number of carbonyl (C=O) groups excluding carboxylic acids is 1. The van der Waals surface area contributed by atoms with Crippen LogP contribution in [0.1, 0.15) is 33.9 Å². The van der Waals surface area contributed by atoms with Gasteiger partial charge >= 0.3 is 0 Å². The zero-order valence-corrected chi connectivity index (χ0v) is 13.4. The summed E-state index contributed by atoms with van der Waals surface area (Å²) in [4.78, 5) is 20.8. The molecular weight excluding hydrogens is 302 g/mol. The third-order valence-corrected chi connectivity index (χ3v) is 4.15. The van der Waals surface area contributed by atoms with Gasteiger partial charge < -0.3 is 5.32 Å². The van der Waals surface area contributed by atoms with E-state index >= 15 is 0 Å². The number of benzene rings is 1. The van der Waals surface area contributed by atoms with E-state index in [1.807, 2.05) is 41.9 Å². The number of nitrogens with one attached hydrogen (secondary N) is 1. The number of carbonyl (C=O) groups is 1. The van der Waals surface area contributed by atoms with Crippen LogP contribution in [0.2, 0.25) is 0 Å². The molecule has 0 radical (unpaired) electrons. The summed E-state index contributed by atoms with van der Waals surface area (Å²) in [5.41, 5.74) is 4.18. The molecule has 120 valence electrons. The van der Waals surface area contributed by atoms with Crippen LogP contribution in [-0.2, 0) is 12.8 Å². The van der Waals surface area contributed by atoms with Gasteiger partial charge in [-0.1, -0.05) is 18.2 Å². The Hall–Kier alpha value is -3.02. The van der Waals surface area contributed by atoms with Gasteiger partial charge in [-0.2, -0.15) is 5.10 Å². The molecule has 6 heteroatoms. The fourth-order valence-corrected chi connectivity index (χ4v) is 2.96. The van der Waals surface area contributed by atoms with Crippen molar-refractivity contribution in [3.8, 4) is 5.69 Å². The minimum atomic E-state index is -0.269. The van der Waals surface area contributed by atoms with Crippen LogP contribution in [0, 0.1) is 6.92 Å². The number of aryl methyl sites for hydroxylation is 2. The van der Waals surface area contributed by atoms with Crippen LogP contribution in [0.4, 0.5) is 5.82 Å². The Morgan fingerprint density at radius 1 is 1.12 bits per heavy atom. The summed E-state index contributed by atoms with van der Waals surface area (Å²) in [6.07, 6.45) is 6.03. The molecule has 6 nitrogen and oxygen atoms in total. The SMILES string of the molecule is Cc1cnc(C(=O)Nc2c3c(nn2-c2ccccc2)CCC3)cn1. The molecule has 0 saturated carbocycles. The van der Waals surface area contributed by atoms with E-state index in [2.05, 4.69) is 20.4 Å².